The van der Waals surface area contributed by atoms with E-state index in [1.165, 1.54) is 19.3 Å². The molecule has 3 heteroatoms. The van der Waals surface area contributed by atoms with Crippen LogP contribution in [0.4, 0.5) is 0 Å². The molecule has 1 fully saturated rings. The second kappa shape index (κ2) is 3.90. The van der Waals surface area contributed by atoms with E-state index in [0.29, 0.717) is 0 Å². The Bertz CT molecular complexity index is 135. The van der Waals surface area contributed by atoms with Crippen molar-refractivity contribution < 1.29 is 4.43 Å². The summed E-state index contributed by atoms with van der Waals surface area (Å²) in [6.07, 6.45) is 4.05. The summed E-state index contributed by atoms with van der Waals surface area (Å²) in [5.41, 5.74) is 1.52. The van der Waals surface area contributed by atoms with Crippen molar-refractivity contribution in [1.82, 2.24) is 4.98 Å². The first-order valence-electron chi connectivity index (χ1n) is 4.91. The summed E-state index contributed by atoms with van der Waals surface area (Å²) in [7, 11) is 2.35. The lowest BCUT2D eigenvalue weighted by Crippen LogP contribution is -2.58. The highest BCUT2D eigenvalue weighted by molar-refractivity contribution is 6.74. The number of hydrogen-bond acceptors (Lipinski definition) is 2. The SMILES string of the molecule is CN[Si]1(OC)C(C)CCCC1C. The molecule has 1 aliphatic heterocycles. The molecule has 1 heterocycles. The maximum absolute atomic E-state index is 5.78. The van der Waals surface area contributed by atoms with Gasteiger partial charge in [-0.1, -0.05) is 20.3 Å². The van der Waals surface area contributed by atoms with Crippen molar-refractivity contribution in [1.29, 1.82) is 0 Å². The van der Waals surface area contributed by atoms with E-state index in [1.54, 1.807) is 0 Å². The molecule has 0 bridgehead atoms. The molecule has 2 unspecified atom stereocenters. The van der Waals surface area contributed by atoms with Gasteiger partial charge in [0.1, 0.15) is 0 Å². The number of hydrogen-bond donors (Lipinski definition) is 1. The third-order valence-corrected chi connectivity index (χ3v) is 8.43. The summed E-state index contributed by atoms with van der Waals surface area (Å²) in [5, 5.41) is 0. The van der Waals surface area contributed by atoms with Crippen molar-refractivity contribution in [2.75, 3.05) is 14.2 Å². The van der Waals surface area contributed by atoms with Gasteiger partial charge in [0.2, 0.25) is 0 Å². The van der Waals surface area contributed by atoms with Gasteiger partial charge in [-0.05, 0) is 31.0 Å². The quantitative estimate of drug-likeness (QED) is 0.670. The minimum atomic E-state index is -1.59. The van der Waals surface area contributed by atoms with E-state index in [-0.39, 0.29) is 0 Å². The molecule has 0 saturated carbocycles. The molecule has 72 valence electrons. The van der Waals surface area contributed by atoms with Crippen LogP contribution >= 0.6 is 0 Å². The predicted molar refractivity (Wildman–Crippen MR) is 54.5 cm³/mol. The van der Waals surface area contributed by atoms with Crippen molar-refractivity contribution in [3.8, 4) is 0 Å². The zero-order valence-corrected chi connectivity index (χ0v) is 9.68. The summed E-state index contributed by atoms with van der Waals surface area (Å²) in [6, 6.07) is 0. The fraction of sp³-hybridized carbons (Fsp3) is 1.00. The van der Waals surface area contributed by atoms with Gasteiger partial charge in [0.05, 0.1) is 0 Å². The number of rotatable bonds is 2. The summed E-state index contributed by atoms with van der Waals surface area (Å²) in [6.45, 7) is 4.67. The molecule has 0 amide bonds. The van der Waals surface area contributed by atoms with Crippen LogP contribution in [-0.4, -0.2) is 22.6 Å². The molecule has 2 atom stereocenters. The van der Waals surface area contributed by atoms with Crippen LogP contribution in [0.25, 0.3) is 0 Å². The van der Waals surface area contributed by atoms with Gasteiger partial charge in [0.25, 0.3) is 8.48 Å². The van der Waals surface area contributed by atoms with E-state index in [1.807, 2.05) is 7.11 Å². The van der Waals surface area contributed by atoms with Crippen molar-refractivity contribution >= 4 is 8.48 Å². The van der Waals surface area contributed by atoms with Gasteiger partial charge in [-0.25, -0.2) is 0 Å². The molecule has 1 saturated heterocycles. The molecule has 1 aliphatic rings. The van der Waals surface area contributed by atoms with Crippen molar-refractivity contribution in [2.24, 2.45) is 0 Å². The summed E-state index contributed by atoms with van der Waals surface area (Å²) < 4.78 is 5.78. The highest BCUT2D eigenvalue weighted by atomic mass is 28.4. The fourth-order valence-corrected chi connectivity index (χ4v) is 6.87. The smallest absolute Gasteiger partial charge is 0.273 e. The Morgan fingerprint density at radius 3 is 2.00 bits per heavy atom. The lowest BCUT2D eigenvalue weighted by Gasteiger charge is -2.43. The van der Waals surface area contributed by atoms with Crippen molar-refractivity contribution in [3.63, 3.8) is 0 Å². The first kappa shape index (κ1) is 10.2. The van der Waals surface area contributed by atoms with Gasteiger partial charge >= 0.3 is 0 Å². The van der Waals surface area contributed by atoms with Crippen LogP contribution in [0, 0.1) is 0 Å². The topological polar surface area (TPSA) is 21.3 Å². The predicted octanol–water partition coefficient (Wildman–Crippen LogP) is 2.26. The zero-order chi connectivity index (χ0) is 9.19. The second-order valence-electron chi connectivity index (χ2n) is 3.98. The summed E-state index contributed by atoms with van der Waals surface area (Å²) in [4.78, 5) is 3.48. The van der Waals surface area contributed by atoms with Gasteiger partial charge in [-0.15, -0.1) is 0 Å². The monoisotopic (exact) mass is 187 g/mol. The van der Waals surface area contributed by atoms with Gasteiger partial charge in [0, 0.05) is 7.11 Å². The van der Waals surface area contributed by atoms with Crippen LogP contribution in [0.3, 0.4) is 0 Å². The zero-order valence-electron chi connectivity index (χ0n) is 8.68. The Hall–Kier alpha value is 0.137. The maximum Gasteiger partial charge on any atom is 0.273 e. The van der Waals surface area contributed by atoms with Crippen LogP contribution in [0.5, 0.6) is 0 Å². The number of nitrogens with one attached hydrogen (secondary N) is 1. The van der Waals surface area contributed by atoms with Gasteiger partial charge < -0.3 is 9.41 Å². The van der Waals surface area contributed by atoms with Crippen molar-refractivity contribution in [3.05, 3.63) is 0 Å². The lowest BCUT2D eigenvalue weighted by atomic mass is 10.1. The van der Waals surface area contributed by atoms with E-state index in [9.17, 15) is 0 Å². The largest absolute Gasteiger partial charge is 0.406 e. The Morgan fingerprint density at radius 1 is 1.25 bits per heavy atom. The minimum Gasteiger partial charge on any atom is -0.406 e. The summed E-state index contributed by atoms with van der Waals surface area (Å²) >= 11 is 0. The highest BCUT2D eigenvalue weighted by Crippen LogP contribution is 2.41. The molecule has 1 rings (SSSR count). The first-order chi connectivity index (χ1) is 5.67. The molecule has 0 aliphatic carbocycles. The molecule has 0 spiro atoms. The van der Waals surface area contributed by atoms with E-state index in [2.05, 4.69) is 25.9 Å². The average molecular weight is 187 g/mol. The Labute approximate surface area is 76.9 Å². The fourth-order valence-electron chi connectivity index (χ4n) is 2.64. The molecule has 2 nitrogen and oxygen atoms in total. The van der Waals surface area contributed by atoms with E-state index >= 15 is 0 Å². The van der Waals surface area contributed by atoms with Crippen LogP contribution in [0.1, 0.15) is 33.1 Å². The molecule has 0 aromatic heterocycles. The van der Waals surface area contributed by atoms with E-state index in [0.717, 1.165) is 11.1 Å². The maximum atomic E-state index is 5.78. The van der Waals surface area contributed by atoms with Crippen LogP contribution in [0.15, 0.2) is 0 Å². The van der Waals surface area contributed by atoms with Crippen molar-refractivity contribution in [2.45, 2.75) is 44.2 Å². The minimum absolute atomic E-state index is 0.760. The molecular formula is C9H21NOSi. The molecule has 0 aromatic carbocycles. The molecular weight excluding hydrogens is 166 g/mol. The average Bonchev–Trinajstić information content (AvgIpc) is 2.06. The van der Waals surface area contributed by atoms with E-state index in [4.69, 9.17) is 4.43 Å². The van der Waals surface area contributed by atoms with Crippen LogP contribution in [-0.2, 0) is 4.43 Å². The van der Waals surface area contributed by atoms with Crippen LogP contribution < -0.4 is 4.98 Å². The Balaban J connectivity index is 2.77. The molecule has 0 aromatic rings. The standard InChI is InChI=1S/C9H21NOSi/c1-8-6-5-7-9(2)12(8,10-3)11-4/h8-10H,5-7H2,1-4H3. The van der Waals surface area contributed by atoms with Gasteiger partial charge in [0.15, 0.2) is 0 Å². The van der Waals surface area contributed by atoms with Gasteiger partial charge in [-0.2, -0.15) is 0 Å². The Morgan fingerprint density at radius 2 is 1.75 bits per heavy atom. The molecule has 0 radical (unpaired) electrons. The molecule has 1 N–H and O–H groups in total. The van der Waals surface area contributed by atoms with Crippen LogP contribution in [0.2, 0.25) is 11.1 Å². The normalized spacial score (nSPS) is 43.0. The lowest BCUT2D eigenvalue weighted by molar-refractivity contribution is 0.330. The third-order valence-electron chi connectivity index (χ3n) is 3.47. The third kappa shape index (κ3) is 1.45. The van der Waals surface area contributed by atoms with Gasteiger partial charge in [-0.3, -0.25) is 0 Å². The second-order valence-corrected chi connectivity index (χ2v) is 8.45. The first-order valence-corrected chi connectivity index (χ1v) is 6.97. The molecule has 12 heavy (non-hydrogen) atoms. The highest BCUT2D eigenvalue weighted by Gasteiger charge is 2.46. The summed E-state index contributed by atoms with van der Waals surface area (Å²) in [5.74, 6) is 0. The van der Waals surface area contributed by atoms with E-state index < -0.39 is 8.48 Å². The Kier molecular flexibility index (Phi) is 3.32.